The van der Waals surface area contributed by atoms with Gasteiger partial charge in [-0.05, 0) is 0 Å². The number of anilines is 1. The number of carbonyl (C=O) groups excluding carboxylic acids is 1. The Morgan fingerprint density at radius 3 is 3.05 bits per heavy atom. The Hall–Kier alpha value is -1.96. The molecule has 0 unspecified atom stereocenters. The summed E-state index contributed by atoms with van der Waals surface area (Å²) in [6, 6.07) is 3.56. The van der Waals surface area contributed by atoms with Gasteiger partial charge in [0.15, 0.2) is 0 Å². The quantitative estimate of drug-likeness (QED) is 0.748. The molecule has 1 aliphatic heterocycles. The molecule has 3 N–H and O–H groups in total. The van der Waals surface area contributed by atoms with Crippen molar-refractivity contribution in [3.8, 4) is 0 Å². The number of halogens is 1. The first-order chi connectivity index (χ1) is 9.20. The molecule has 94 valence electrons. The van der Waals surface area contributed by atoms with Crippen molar-refractivity contribution in [2.75, 3.05) is 11.8 Å². The van der Waals surface area contributed by atoms with Gasteiger partial charge >= 0.3 is 116 Å². The van der Waals surface area contributed by atoms with E-state index in [2.05, 4.69) is 36.8 Å². The third kappa shape index (κ3) is 1.97. The molecule has 0 atom stereocenters. The number of hydrazone groups is 1. The van der Waals surface area contributed by atoms with Gasteiger partial charge in [-0.15, -0.1) is 0 Å². The Morgan fingerprint density at radius 2 is 2.26 bits per heavy atom. The van der Waals surface area contributed by atoms with Crippen LogP contribution in [-0.2, 0) is 4.70 Å². The second-order valence-corrected chi connectivity index (χ2v) is 4.84. The van der Waals surface area contributed by atoms with Crippen molar-refractivity contribution >= 4 is 51.8 Å². The summed E-state index contributed by atoms with van der Waals surface area (Å²) in [5.74, 6) is -0.277. The van der Waals surface area contributed by atoms with Crippen LogP contribution in [0.15, 0.2) is 21.8 Å². The number of hydrogen-bond acceptors (Lipinski definition) is 4. The fourth-order valence-electron chi connectivity index (χ4n) is 2.10. The first kappa shape index (κ1) is 12.1. The number of aromatic nitrogens is 1. The van der Waals surface area contributed by atoms with Gasteiger partial charge in [-0.2, -0.15) is 0 Å². The molecular formula is C11H8BBrN4O2. The van der Waals surface area contributed by atoms with Gasteiger partial charge in [-0.1, -0.05) is 0 Å². The summed E-state index contributed by atoms with van der Waals surface area (Å²) in [6.07, 6.45) is 1.79. The minimum absolute atomic E-state index is 0.192. The normalized spacial score (nSPS) is 13.0. The summed E-state index contributed by atoms with van der Waals surface area (Å²) < 4.78 is 11.2. The zero-order chi connectivity index (χ0) is 13.4. The Kier molecular flexibility index (Phi) is 2.94. The average molecular weight is 319 g/mol. The van der Waals surface area contributed by atoms with Crippen LogP contribution in [0.3, 0.4) is 0 Å². The Bertz CT molecular complexity index is 725. The van der Waals surface area contributed by atoms with Gasteiger partial charge in [0.1, 0.15) is 0 Å². The molecule has 1 aromatic heterocycles. The van der Waals surface area contributed by atoms with Crippen molar-refractivity contribution in [3.63, 3.8) is 0 Å². The van der Waals surface area contributed by atoms with Crippen LogP contribution in [0.5, 0.6) is 0 Å². The number of amides is 1. The number of aromatic amines is 1. The van der Waals surface area contributed by atoms with E-state index in [1.54, 1.807) is 12.3 Å². The molecule has 0 fully saturated rings. The van der Waals surface area contributed by atoms with Crippen molar-refractivity contribution < 1.29 is 9.50 Å². The molecule has 19 heavy (non-hydrogen) atoms. The Morgan fingerprint density at radius 1 is 1.42 bits per heavy atom. The first-order valence-electron chi connectivity index (χ1n) is 5.57. The van der Waals surface area contributed by atoms with E-state index in [-0.39, 0.29) is 12.4 Å². The van der Waals surface area contributed by atoms with Crippen LogP contribution in [0, 0.1) is 0 Å². The number of nitrogens with zero attached hydrogens (tertiary/aromatic N) is 1. The van der Waals surface area contributed by atoms with Crippen LogP contribution in [0.4, 0.5) is 5.69 Å². The van der Waals surface area contributed by atoms with Crippen LogP contribution in [0.2, 0.25) is 0 Å². The van der Waals surface area contributed by atoms with Gasteiger partial charge in [0.05, 0.1) is 0 Å². The molecule has 2 heterocycles. The summed E-state index contributed by atoms with van der Waals surface area (Å²) in [5.41, 5.74) is 5.29. The van der Waals surface area contributed by atoms with E-state index in [0.29, 0.717) is 11.3 Å². The van der Waals surface area contributed by atoms with Crippen molar-refractivity contribution in [1.29, 1.82) is 0 Å². The predicted octanol–water partition coefficient (Wildman–Crippen LogP) is 1.43. The van der Waals surface area contributed by atoms with E-state index < -0.39 is 0 Å². The molecule has 2 aromatic rings. The Balaban J connectivity index is 2.26. The van der Waals surface area contributed by atoms with E-state index in [0.717, 1.165) is 28.2 Å². The molecule has 6 nitrogen and oxygen atoms in total. The van der Waals surface area contributed by atoms with E-state index in [4.69, 9.17) is 0 Å². The predicted molar refractivity (Wildman–Crippen MR) is 76.0 cm³/mol. The van der Waals surface area contributed by atoms with Crippen LogP contribution in [0.1, 0.15) is 15.9 Å². The maximum atomic E-state index is 12.0. The average Bonchev–Trinajstić information content (AvgIpc) is 2.60. The molecule has 0 bridgehead atoms. The monoisotopic (exact) mass is 318 g/mol. The third-order valence-electron chi connectivity index (χ3n) is 2.88. The summed E-state index contributed by atoms with van der Waals surface area (Å²) in [4.78, 5) is 15.1. The fourth-order valence-corrected chi connectivity index (χ4v) is 2.62. The van der Waals surface area contributed by atoms with Gasteiger partial charge in [-0.25, -0.2) is 0 Å². The summed E-state index contributed by atoms with van der Waals surface area (Å²) >= 11 is 3.41. The number of benzene rings is 1. The van der Waals surface area contributed by atoms with Gasteiger partial charge in [-0.3, -0.25) is 0 Å². The van der Waals surface area contributed by atoms with Gasteiger partial charge < -0.3 is 0 Å². The number of nitrogens with one attached hydrogen (secondary N) is 3. The molecule has 0 aliphatic carbocycles. The molecule has 0 spiro atoms. The van der Waals surface area contributed by atoms with Gasteiger partial charge in [0.2, 0.25) is 0 Å². The molecule has 1 aliphatic rings. The summed E-state index contributed by atoms with van der Waals surface area (Å²) in [7, 11) is 0.765. The van der Waals surface area contributed by atoms with Crippen molar-refractivity contribution in [2.45, 2.75) is 0 Å². The summed E-state index contributed by atoms with van der Waals surface area (Å²) in [6.45, 7) is 0. The van der Waals surface area contributed by atoms with E-state index in [1.165, 1.54) is 0 Å². The minimum atomic E-state index is -0.277. The molecular weight excluding hydrogens is 311 g/mol. The molecule has 3 rings (SSSR count). The van der Waals surface area contributed by atoms with Crippen LogP contribution in [-0.4, -0.2) is 30.7 Å². The third-order valence-corrected chi connectivity index (χ3v) is 3.51. The molecule has 8 heteroatoms. The summed E-state index contributed by atoms with van der Waals surface area (Å²) in [5, 5.41) is 7.60. The first-order valence-corrected chi connectivity index (χ1v) is 6.36. The zero-order valence-electron chi connectivity index (χ0n) is 9.66. The zero-order valence-corrected chi connectivity index (χ0v) is 11.2. The topological polar surface area (TPSA) is 86.3 Å². The molecule has 1 aromatic carbocycles. The number of carbonyl (C=O) groups is 1. The maximum absolute atomic E-state index is 12.0. The van der Waals surface area contributed by atoms with E-state index in [1.807, 2.05) is 6.07 Å². The Labute approximate surface area is 117 Å². The fraction of sp³-hybridized carbons (Fsp3) is 0.0909. The second kappa shape index (κ2) is 4.62. The van der Waals surface area contributed by atoms with Crippen molar-refractivity contribution in [2.24, 2.45) is 5.10 Å². The molecule has 0 saturated heterocycles. The van der Waals surface area contributed by atoms with Gasteiger partial charge in [0.25, 0.3) is 0 Å². The van der Waals surface area contributed by atoms with Crippen molar-refractivity contribution in [3.05, 3.63) is 27.9 Å². The van der Waals surface area contributed by atoms with E-state index >= 15 is 0 Å². The van der Waals surface area contributed by atoms with Crippen LogP contribution in [0.25, 0.3) is 10.9 Å². The van der Waals surface area contributed by atoms with Crippen LogP contribution >= 0.6 is 15.9 Å². The molecule has 0 saturated carbocycles. The van der Waals surface area contributed by atoms with Crippen LogP contribution < -0.4 is 10.7 Å². The second-order valence-electron chi connectivity index (χ2n) is 4.05. The molecule has 1 amide bonds. The SMILES string of the molecule is O=BCNc1cc2c3c(c(Br)[nH]c3c1)C=NNC2=O. The molecule has 0 radical (unpaired) electrons. The van der Waals surface area contributed by atoms with Crippen molar-refractivity contribution in [1.82, 2.24) is 10.4 Å². The van der Waals surface area contributed by atoms with E-state index in [9.17, 15) is 9.50 Å². The standard InChI is InChI=1S/C11H8BBrN4O2/c13-10-7-3-15-17-11(18)6-1-5(14-4-12-19)2-8(16-10)9(6)7/h1-3,14,16H,4H2,(H,17,18). The number of H-pyrrole nitrogens is 1. The number of rotatable bonds is 3. The van der Waals surface area contributed by atoms with Gasteiger partial charge in [0, 0.05) is 0 Å². The number of hydrogen-bond donors (Lipinski definition) is 3.